The molecule has 0 aliphatic carbocycles. The van der Waals surface area contributed by atoms with Gasteiger partial charge in [-0.2, -0.15) is 0 Å². The Morgan fingerprint density at radius 1 is 0.971 bits per heavy atom. The molecule has 7 heteroatoms. The molecule has 2 aliphatic heterocycles. The van der Waals surface area contributed by atoms with E-state index in [0.717, 1.165) is 48.3 Å². The Labute approximate surface area is 206 Å². The van der Waals surface area contributed by atoms with Gasteiger partial charge in [0, 0.05) is 42.8 Å². The average Bonchev–Trinajstić information content (AvgIpc) is 3.37. The molecule has 2 amide bonds. The molecule has 0 unspecified atom stereocenters. The first-order valence-electron chi connectivity index (χ1n) is 12.7. The van der Waals surface area contributed by atoms with Crippen LogP contribution < -0.4 is 5.32 Å². The number of hydrogen-bond donors (Lipinski definition) is 2. The summed E-state index contributed by atoms with van der Waals surface area (Å²) in [4.78, 5) is 38.9. The second kappa shape index (κ2) is 9.82. The van der Waals surface area contributed by atoms with E-state index in [-0.39, 0.29) is 11.8 Å². The van der Waals surface area contributed by atoms with Crippen LogP contribution in [0.2, 0.25) is 0 Å². The molecule has 0 radical (unpaired) electrons. The van der Waals surface area contributed by atoms with Gasteiger partial charge in [-0.25, -0.2) is 0 Å². The quantitative estimate of drug-likeness (QED) is 0.591. The molecule has 7 nitrogen and oxygen atoms in total. The minimum Gasteiger partial charge on any atom is -0.361 e. The van der Waals surface area contributed by atoms with Gasteiger partial charge in [0.05, 0.1) is 0 Å². The summed E-state index contributed by atoms with van der Waals surface area (Å²) in [6.45, 7) is 5.63. The van der Waals surface area contributed by atoms with E-state index in [0.29, 0.717) is 11.5 Å². The number of carbonyl (C=O) groups is 2. The number of aromatic amines is 1. The maximum atomic E-state index is 14.0. The Bertz CT molecular complexity index is 1180. The molecule has 0 saturated carbocycles. The van der Waals surface area contributed by atoms with Gasteiger partial charge < -0.3 is 20.1 Å². The second-order valence-corrected chi connectivity index (χ2v) is 10.4. The number of nitrogens with zero attached hydrogens (tertiary/aromatic N) is 3. The molecule has 5 rings (SSSR count). The van der Waals surface area contributed by atoms with Gasteiger partial charge >= 0.3 is 0 Å². The lowest BCUT2D eigenvalue weighted by molar-refractivity contribution is -0.139. The SMILES string of the molecule is CN1CCC(C2CCN(C(=O)[C@@](C)(NC(=O)c3ccc4cc[nH]c4c3)c3ccncc3)CC2)CC1. The summed E-state index contributed by atoms with van der Waals surface area (Å²) in [5.74, 6) is 1.12. The monoisotopic (exact) mass is 473 g/mol. The van der Waals surface area contributed by atoms with Crippen molar-refractivity contribution in [3.8, 4) is 0 Å². The first-order valence-corrected chi connectivity index (χ1v) is 12.7. The van der Waals surface area contributed by atoms with Gasteiger partial charge in [-0.05, 0) is 106 Å². The number of hydrogen-bond acceptors (Lipinski definition) is 4. The highest BCUT2D eigenvalue weighted by Gasteiger charge is 2.42. The molecule has 1 aromatic carbocycles. The van der Waals surface area contributed by atoms with Gasteiger partial charge in [0.1, 0.15) is 5.54 Å². The Morgan fingerprint density at radius 2 is 1.63 bits per heavy atom. The fourth-order valence-corrected chi connectivity index (χ4v) is 5.81. The normalized spacial score (nSPS) is 20.0. The van der Waals surface area contributed by atoms with Crippen molar-refractivity contribution >= 4 is 22.7 Å². The predicted molar refractivity (Wildman–Crippen MR) is 137 cm³/mol. The third kappa shape index (κ3) is 4.82. The minimum absolute atomic E-state index is 0.0557. The molecule has 35 heavy (non-hydrogen) atoms. The molecule has 2 N–H and O–H groups in total. The van der Waals surface area contributed by atoms with E-state index in [1.807, 2.05) is 48.4 Å². The lowest BCUT2D eigenvalue weighted by Gasteiger charge is -2.42. The zero-order valence-corrected chi connectivity index (χ0v) is 20.7. The van der Waals surface area contributed by atoms with Crippen LogP contribution in [0.25, 0.3) is 10.9 Å². The number of benzene rings is 1. The number of likely N-dealkylation sites (tertiary alicyclic amines) is 2. The third-order valence-corrected chi connectivity index (χ3v) is 8.12. The van der Waals surface area contributed by atoms with Crippen LogP contribution in [0.3, 0.4) is 0 Å². The Balaban J connectivity index is 1.33. The summed E-state index contributed by atoms with van der Waals surface area (Å²) < 4.78 is 0. The lowest BCUT2D eigenvalue weighted by atomic mass is 9.78. The van der Waals surface area contributed by atoms with Crippen molar-refractivity contribution in [3.05, 3.63) is 66.1 Å². The molecule has 2 fully saturated rings. The summed E-state index contributed by atoms with van der Waals surface area (Å²) in [7, 11) is 2.20. The second-order valence-electron chi connectivity index (χ2n) is 10.4. The van der Waals surface area contributed by atoms with E-state index in [4.69, 9.17) is 0 Å². The molecule has 0 bridgehead atoms. The molecule has 2 aromatic heterocycles. The van der Waals surface area contributed by atoms with E-state index < -0.39 is 5.54 Å². The van der Waals surface area contributed by atoms with Crippen molar-refractivity contribution < 1.29 is 9.59 Å². The van der Waals surface area contributed by atoms with E-state index in [1.165, 1.54) is 25.9 Å². The van der Waals surface area contributed by atoms with Crippen molar-refractivity contribution in [1.82, 2.24) is 25.1 Å². The predicted octanol–water partition coefficient (Wildman–Crippen LogP) is 3.79. The van der Waals surface area contributed by atoms with E-state index in [2.05, 4.69) is 27.2 Å². The van der Waals surface area contributed by atoms with Crippen LogP contribution in [-0.2, 0) is 10.3 Å². The standard InChI is InChI=1S/C28H35N5O2/c1-28(24-6-12-29-13-7-24,31-26(34)23-4-3-22-5-14-30-25(22)19-23)27(35)33-17-10-21(11-18-33)20-8-15-32(2)16-9-20/h3-7,12-14,19-21,30H,8-11,15-18H2,1-2H3,(H,31,34)/t28-/m0/s1. The first-order chi connectivity index (χ1) is 16.9. The molecule has 4 heterocycles. The number of pyridine rings is 1. The van der Waals surface area contributed by atoms with Gasteiger partial charge in [0.25, 0.3) is 11.8 Å². The molecule has 3 aromatic rings. The molecule has 2 saturated heterocycles. The Morgan fingerprint density at radius 3 is 2.31 bits per heavy atom. The van der Waals surface area contributed by atoms with Crippen molar-refractivity contribution in [1.29, 1.82) is 0 Å². The first kappa shape index (κ1) is 23.5. The summed E-state index contributed by atoms with van der Waals surface area (Å²) in [6.07, 6.45) is 9.77. The number of carbonyl (C=O) groups excluding carboxylic acids is 2. The summed E-state index contributed by atoms with van der Waals surface area (Å²) in [5.41, 5.74) is 0.981. The van der Waals surface area contributed by atoms with Crippen molar-refractivity contribution in [3.63, 3.8) is 0 Å². The van der Waals surface area contributed by atoms with Crippen LogP contribution in [0.4, 0.5) is 0 Å². The smallest absolute Gasteiger partial charge is 0.252 e. The van der Waals surface area contributed by atoms with Crippen LogP contribution in [0, 0.1) is 11.8 Å². The van der Waals surface area contributed by atoms with Crippen LogP contribution in [0.1, 0.15) is 48.5 Å². The molecule has 1 atom stereocenters. The van der Waals surface area contributed by atoms with Crippen LogP contribution in [-0.4, -0.2) is 64.8 Å². The maximum Gasteiger partial charge on any atom is 0.252 e. The van der Waals surface area contributed by atoms with E-state index >= 15 is 0 Å². The topological polar surface area (TPSA) is 81.3 Å². The number of fused-ring (bicyclic) bond motifs is 1. The fraction of sp³-hybridized carbons (Fsp3) is 0.464. The van der Waals surface area contributed by atoms with Crippen molar-refractivity contribution in [2.45, 2.75) is 38.1 Å². The van der Waals surface area contributed by atoms with E-state index in [9.17, 15) is 9.59 Å². The van der Waals surface area contributed by atoms with E-state index in [1.54, 1.807) is 18.5 Å². The summed E-state index contributed by atoms with van der Waals surface area (Å²) >= 11 is 0. The summed E-state index contributed by atoms with van der Waals surface area (Å²) in [6, 6.07) is 11.2. The highest BCUT2D eigenvalue weighted by atomic mass is 16.2. The lowest BCUT2D eigenvalue weighted by Crippen LogP contribution is -2.57. The van der Waals surface area contributed by atoms with Gasteiger partial charge in [0.2, 0.25) is 0 Å². The zero-order chi connectivity index (χ0) is 24.4. The van der Waals surface area contributed by atoms with Crippen molar-refractivity contribution in [2.24, 2.45) is 11.8 Å². The molecular formula is C28H35N5O2. The number of H-pyrrole nitrogens is 1. The number of nitrogens with one attached hydrogen (secondary N) is 2. The molecule has 0 spiro atoms. The highest BCUT2D eigenvalue weighted by molar-refractivity contribution is 6.01. The van der Waals surface area contributed by atoms with Crippen molar-refractivity contribution in [2.75, 3.05) is 33.2 Å². The van der Waals surface area contributed by atoms with Crippen LogP contribution in [0.15, 0.2) is 55.0 Å². The van der Waals surface area contributed by atoms with Gasteiger partial charge in [-0.3, -0.25) is 14.6 Å². The fourth-order valence-electron chi connectivity index (χ4n) is 5.81. The number of amides is 2. The van der Waals surface area contributed by atoms with Gasteiger partial charge in [-0.1, -0.05) is 6.07 Å². The van der Waals surface area contributed by atoms with Gasteiger partial charge in [-0.15, -0.1) is 0 Å². The summed E-state index contributed by atoms with van der Waals surface area (Å²) in [5, 5.41) is 4.13. The zero-order valence-electron chi connectivity index (χ0n) is 20.7. The molecule has 184 valence electrons. The highest BCUT2D eigenvalue weighted by Crippen LogP contribution is 2.34. The average molecular weight is 474 g/mol. The largest absolute Gasteiger partial charge is 0.361 e. The number of piperidine rings is 2. The Kier molecular flexibility index (Phi) is 6.60. The molecule has 2 aliphatic rings. The van der Waals surface area contributed by atoms with Crippen LogP contribution in [0.5, 0.6) is 0 Å². The number of aromatic nitrogens is 2. The van der Waals surface area contributed by atoms with Crippen LogP contribution >= 0.6 is 0 Å². The molecular weight excluding hydrogens is 438 g/mol. The number of rotatable bonds is 5. The maximum absolute atomic E-state index is 14.0. The Hall–Kier alpha value is -3.19. The third-order valence-electron chi connectivity index (χ3n) is 8.12. The minimum atomic E-state index is -1.18. The van der Waals surface area contributed by atoms with Gasteiger partial charge in [0.15, 0.2) is 0 Å².